The second-order valence-corrected chi connectivity index (χ2v) is 4.61. The number of esters is 1. The Morgan fingerprint density at radius 1 is 1.41 bits per heavy atom. The molecular formula is C11H17NO5. The minimum absolute atomic E-state index is 0.159. The van der Waals surface area contributed by atoms with Gasteiger partial charge in [-0.2, -0.15) is 0 Å². The third-order valence-electron chi connectivity index (χ3n) is 3.92. The van der Waals surface area contributed by atoms with Gasteiger partial charge in [0.15, 0.2) is 0 Å². The van der Waals surface area contributed by atoms with Crippen LogP contribution in [0.2, 0.25) is 0 Å². The van der Waals surface area contributed by atoms with Gasteiger partial charge in [0, 0.05) is 24.7 Å². The van der Waals surface area contributed by atoms with Crippen molar-refractivity contribution in [2.45, 2.75) is 31.4 Å². The lowest BCUT2D eigenvalue weighted by Gasteiger charge is -2.55. The summed E-state index contributed by atoms with van der Waals surface area (Å²) < 4.78 is 9.60. The van der Waals surface area contributed by atoms with Crippen LogP contribution in [0.25, 0.3) is 0 Å². The lowest BCUT2D eigenvalue weighted by Crippen LogP contribution is -2.66. The van der Waals surface area contributed by atoms with E-state index in [0.29, 0.717) is 32.5 Å². The van der Waals surface area contributed by atoms with Gasteiger partial charge >= 0.3 is 11.9 Å². The van der Waals surface area contributed by atoms with Gasteiger partial charge in [0.05, 0.1) is 13.2 Å². The Labute approximate surface area is 99.3 Å². The summed E-state index contributed by atoms with van der Waals surface area (Å²) in [6.07, 6.45) is 1.48. The van der Waals surface area contributed by atoms with E-state index in [2.05, 4.69) is 10.1 Å². The highest BCUT2D eigenvalue weighted by Crippen LogP contribution is 2.48. The van der Waals surface area contributed by atoms with Gasteiger partial charge < -0.3 is 19.9 Å². The van der Waals surface area contributed by atoms with Gasteiger partial charge in [0.1, 0.15) is 0 Å². The lowest BCUT2D eigenvalue weighted by molar-refractivity contribution is -0.165. The van der Waals surface area contributed by atoms with E-state index >= 15 is 0 Å². The summed E-state index contributed by atoms with van der Waals surface area (Å²) in [6.45, 7) is 1.17. The number of carbonyl (C=O) groups is 2. The highest BCUT2D eigenvalue weighted by atomic mass is 16.5. The van der Waals surface area contributed by atoms with E-state index in [4.69, 9.17) is 4.74 Å². The fraction of sp³-hybridized carbons (Fsp3) is 0.818. The van der Waals surface area contributed by atoms with Crippen molar-refractivity contribution in [1.29, 1.82) is 0 Å². The van der Waals surface area contributed by atoms with Gasteiger partial charge in [0.2, 0.25) is 0 Å². The summed E-state index contributed by atoms with van der Waals surface area (Å²) in [7, 11) is 1.17. The average Bonchev–Trinajstić information content (AvgIpc) is 2.38. The van der Waals surface area contributed by atoms with Gasteiger partial charge in [-0.25, -0.2) is 4.79 Å². The van der Waals surface area contributed by atoms with E-state index in [1.165, 1.54) is 7.11 Å². The third-order valence-corrected chi connectivity index (χ3v) is 3.92. The second-order valence-electron chi connectivity index (χ2n) is 4.61. The number of hydrogen-bond donors (Lipinski definition) is 2. The monoisotopic (exact) mass is 243 g/mol. The average molecular weight is 243 g/mol. The molecule has 1 saturated carbocycles. The molecule has 2 unspecified atom stereocenters. The van der Waals surface area contributed by atoms with Crippen molar-refractivity contribution in [2.24, 2.45) is 5.41 Å². The lowest BCUT2D eigenvalue weighted by atomic mass is 9.58. The summed E-state index contributed by atoms with van der Waals surface area (Å²) in [4.78, 5) is 22.4. The topological polar surface area (TPSA) is 84.9 Å². The van der Waals surface area contributed by atoms with E-state index < -0.39 is 18.0 Å². The molecule has 2 N–H and O–H groups in total. The van der Waals surface area contributed by atoms with Crippen LogP contribution in [0.3, 0.4) is 0 Å². The van der Waals surface area contributed by atoms with Crippen molar-refractivity contribution in [2.75, 3.05) is 20.3 Å². The summed E-state index contributed by atoms with van der Waals surface area (Å²) in [5, 5.41) is 12.5. The molecule has 2 atom stereocenters. The molecule has 0 aromatic heterocycles. The maximum Gasteiger partial charge on any atom is 0.396 e. The van der Waals surface area contributed by atoms with Crippen LogP contribution in [0.4, 0.5) is 0 Å². The zero-order valence-electron chi connectivity index (χ0n) is 9.77. The quantitative estimate of drug-likeness (QED) is 0.465. The molecule has 1 spiro atoms. The molecular weight excluding hydrogens is 226 g/mol. The van der Waals surface area contributed by atoms with Crippen LogP contribution in [0.5, 0.6) is 0 Å². The first-order valence-corrected chi connectivity index (χ1v) is 5.75. The smallest absolute Gasteiger partial charge is 0.396 e. The maximum absolute atomic E-state index is 11.4. The van der Waals surface area contributed by atoms with Crippen LogP contribution in [0.1, 0.15) is 19.3 Å². The summed E-state index contributed by atoms with van der Waals surface area (Å²) in [5.41, 5.74) is -0.318. The first-order valence-electron chi connectivity index (χ1n) is 5.75. The number of methoxy groups -OCH3 is 1. The highest BCUT2D eigenvalue weighted by Gasteiger charge is 2.55. The Hall–Kier alpha value is -1.14. The molecule has 1 aliphatic heterocycles. The Kier molecular flexibility index (Phi) is 3.35. The molecule has 6 heteroatoms. The van der Waals surface area contributed by atoms with Crippen molar-refractivity contribution in [3.63, 3.8) is 0 Å². The van der Waals surface area contributed by atoms with Crippen molar-refractivity contribution >= 4 is 11.9 Å². The van der Waals surface area contributed by atoms with Crippen LogP contribution in [-0.2, 0) is 19.1 Å². The summed E-state index contributed by atoms with van der Waals surface area (Å²) in [5.74, 6) is -1.64. The molecule has 1 aliphatic carbocycles. The molecule has 0 radical (unpaired) electrons. The maximum atomic E-state index is 11.4. The largest absolute Gasteiger partial charge is 0.462 e. The van der Waals surface area contributed by atoms with E-state index in [0.717, 1.165) is 0 Å². The van der Waals surface area contributed by atoms with Gasteiger partial charge in [0.25, 0.3) is 0 Å². The Bertz CT molecular complexity index is 324. The molecule has 0 bridgehead atoms. The third kappa shape index (κ3) is 2.02. The number of nitrogens with one attached hydrogen (secondary N) is 1. The van der Waals surface area contributed by atoms with E-state index in [-0.39, 0.29) is 11.5 Å². The van der Waals surface area contributed by atoms with Crippen LogP contribution >= 0.6 is 0 Å². The zero-order valence-corrected chi connectivity index (χ0v) is 9.77. The number of hydrogen-bond acceptors (Lipinski definition) is 5. The van der Waals surface area contributed by atoms with Crippen LogP contribution in [0.15, 0.2) is 0 Å². The van der Waals surface area contributed by atoms with Gasteiger partial charge in [-0.3, -0.25) is 4.79 Å². The van der Waals surface area contributed by atoms with Crippen LogP contribution in [0, 0.1) is 5.41 Å². The second kappa shape index (κ2) is 4.62. The fourth-order valence-corrected chi connectivity index (χ4v) is 2.71. The Balaban J connectivity index is 1.98. The molecule has 6 nitrogen and oxygen atoms in total. The van der Waals surface area contributed by atoms with E-state index in [1.807, 2.05) is 0 Å². The predicted molar refractivity (Wildman–Crippen MR) is 57.1 cm³/mol. The Morgan fingerprint density at radius 2 is 2.06 bits per heavy atom. The van der Waals surface area contributed by atoms with Gasteiger partial charge in [-0.1, -0.05) is 0 Å². The number of rotatable bonds is 1. The predicted octanol–water partition coefficient (Wildman–Crippen LogP) is -0.794. The molecule has 1 amide bonds. The molecule has 0 aromatic rings. The highest BCUT2D eigenvalue weighted by molar-refractivity contribution is 6.32. The SMILES string of the molecule is COC(=O)C(=O)NC1CC(O)C12CCOCC2. The first-order chi connectivity index (χ1) is 8.10. The molecule has 1 heterocycles. The molecule has 2 fully saturated rings. The number of ether oxygens (including phenoxy) is 2. The number of aliphatic hydroxyl groups excluding tert-OH is 1. The molecule has 1 saturated heterocycles. The van der Waals surface area contributed by atoms with Crippen LogP contribution in [-0.4, -0.2) is 49.5 Å². The fourth-order valence-electron chi connectivity index (χ4n) is 2.71. The summed E-state index contributed by atoms with van der Waals surface area (Å²) in [6, 6.07) is -0.159. The standard InChI is InChI=1S/C11H17NO5/c1-16-10(15)9(14)12-7-6-8(13)11(7)2-4-17-5-3-11/h7-8,13H,2-6H2,1H3,(H,12,14). The van der Waals surface area contributed by atoms with E-state index in [1.54, 1.807) is 0 Å². The minimum atomic E-state index is -0.895. The van der Waals surface area contributed by atoms with Gasteiger partial charge in [-0.15, -0.1) is 0 Å². The first kappa shape index (κ1) is 12.3. The van der Waals surface area contributed by atoms with Crippen molar-refractivity contribution in [1.82, 2.24) is 5.32 Å². The number of aliphatic hydroxyl groups is 1. The molecule has 96 valence electrons. The molecule has 17 heavy (non-hydrogen) atoms. The minimum Gasteiger partial charge on any atom is -0.462 e. The van der Waals surface area contributed by atoms with E-state index in [9.17, 15) is 14.7 Å². The van der Waals surface area contributed by atoms with Crippen molar-refractivity contribution in [3.05, 3.63) is 0 Å². The Morgan fingerprint density at radius 3 is 2.59 bits per heavy atom. The number of carbonyl (C=O) groups excluding carboxylic acids is 2. The van der Waals surface area contributed by atoms with Crippen molar-refractivity contribution < 1.29 is 24.2 Å². The number of amides is 1. The zero-order chi connectivity index (χ0) is 12.5. The normalized spacial score (nSPS) is 30.5. The van der Waals surface area contributed by atoms with Crippen molar-refractivity contribution in [3.8, 4) is 0 Å². The van der Waals surface area contributed by atoms with Crippen LogP contribution < -0.4 is 5.32 Å². The van der Waals surface area contributed by atoms with Gasteiger partial charge in [-0.05, 0) is 19.3 Å². The molecule has 2 aliphatic rings. The molecule has 2 rings (SSSR count). The molecule has 0 aromatic carbocycles. The summed E-state index contributed by atoms with van der Waals surface area (Å²) >= 11 is 0.